The highest BCUT2D eigenvalue weighted by atomic mass is 16.4. The van der Waals surface area contributed by atoms with Gasteiger partial charge in [0.25, 0.3) is 0 Å². The van der Waals surface area contributed by atoms with Crippen molar-refractivity contribution in [1.29, 1.82) is 0 Å². The third-order valence-electron chi connectivity index (χ3n) is 2.75. The fourth-order valence-electron chi connectivity index (χ4n) is 1.74. The highest BCUT2D eigenvalue weighted by molar-refractivity contribution is 5.91. The van der Waals surface area contributed by atoms with Gasteiger partial charge in [-0.25, -0.2) is 9.97 Å². The third kappa shape index (κ3) is 2.98. The van der Waals surface area contributed by atoms with Gasteiger partial charge in [0, 0.05) is 6.04 Å². The molecule has 98 valence electrons. The van der Waals surface area contributed by atoms with Crippen molar-refractivity contribution in [1.82, 2.24) is 9.97 Å². The van der Waals surface area contributed by atoms with E-state index in [1.54, 1.807) is 0 Å². The molecule has 19 heavy (non-hydrogen) atoms. The summed E-state index contributed by atoms with van der Waals surface area (Å²) in [4.78, 5) is 7.98. The Hall–Kier alpha value is -2.63. The lowest BCUT2D eigenvalue weighted by atomic mass is 10.1. The Balaban J connectivity index is 2.26. The second kappa shape index (κ2) is 5.81. The number of aromatic nitrogens is 2. The van der Waals surface area contributed by atoms with E-state index in [4.69, 9.17) is 10.9 Å². The molecule has 0 aliphatic rings. The SMILES string of the molecule is C[C@H](Nc1ncnc(N)c1C=NO)c1ccccc1. The smallest absolute Gasteiger partial charge is 0.141 e. The number of oxime groups is 1. The molecule has 6 nitrogen and oxygen atoms in total. The van der Waals surface area contributed by atoms with Gasteiger partial charge in [-0.05, 0) is 12.5 Å². The van der Waals surface area contributed by atoms with Gasteiger partial charge < -0.3 is 16.3 Å². The highest BCUT2D eigenvalue weighted by Crippen LogP contribution is 2.21. The first kappa shape index (κ1) is 12.8. The summed E-state index contributed by atoms with van der Waals surface area (Å²) in [6.07, 6.45) is 2.58. The predicted octanol–water partition coefficient (Wildman–Crippen LogP) is 2.04. The van der Waals surface area contributed by atoms with E-state index in [1.807, 2.05) is 37.3 Å². The van der Waals surface area contributed by atoms with E-state index in [0.717, 1.165) is 5.56 Å². The molecular weight excluding hydrogens is 242 g/mol. The van der Waals surface area contributed by atoms with Crippen molar-refractivity contribution in [3.63, 3.8) is 0 Å². The summed E-state index contributed by atoms with van der Waals surface area (Å²) in [6, 6.07) is 9.98. The van der Waals surface area contributed by atoms with Crippen molar-refractivity contribution in [2.24, 2.45) is 5.16 Å². The third-order valence-corrected chi connectivity index (χ3v) is 2.75. The van der Waals surface area contributed by atoms with E-state index in [2.05, 4.69) is 20.4 Å². The molecule has 0 spiro atoms. The molecule has 0 radical (unpaired) electrons. The van der Waals surface area contributed by atoms with Crippen molar-refractivity contribution < 1.29 is 5.21 Å². The summed E-state index contributed by atoms with van der Waals surface area (Å²) in [7, 11) is 0. The first-order valence-electron chi connectivity index (χ1n) is 5.81. The molecule has 0 aliphatic carbocycles. The summed E-state index contributed by atoms with van der Waals surface area (Å²) in [5.74, 6) is 0.789. The van der Waals surface area contributed by atoms with Crippen molar-refractivity contribution in [3.05, 3.63) is 47.8 Å². The zero-order valence-electron chi connectivity index (χ0n) is 10.5. The monoisotopic (exact) mass is 257 g/mol. The van der Waals surface area contributed by atoms with Gasteiger partial charge in [-0.15, -0.1) is 0 Å². The van der Waals surface area contributed by atoms with Gasteiger partial charge in [0.05, 0.1) is 11.8 Å². The molecule has 1 heterocycles. The molecule has 6 heteroatoms. The molecule has 2 rings (SSSR count). The van der Waals surface area contributed by atoms with E-state index in [1.165, 1.54) is 12.5 Å². The molecule has 1 atom stereocenters. The Bertz CT molecular complexity index is 571. The van der Waals surface area contributed by atoms with Crippen LogP contribution in [0.2, 0.25) is 0 Å². The van der Waals surface area contributed by atoms with Crippen LogP contribution in [0.4, 0.5) is 11.6 Å². The molecule has 0 aliphatic heterocycles. The van der Waals surface area contributed by atoms with Gasteiger partial charge in [0.1, 0.15) is 18.0 Å². The van der Waals surface area contributed by atoms with Gasteiger partial charge in [-0.1, -0.05) is 35.5 Å². The number of benzene rings is 1. The van der Waals surface area contributed by atoms with Crippen LogP contribution in [0.3, 0.4) is 0 Å². The van der Waals surface area contributed by atoms with E-state index in [-0.39, 0.29) is 11.9 Å². The van der Waals surface area contributed by atoms with Crippen LogP contribution in [0.1, 0.15) is 24.1 Å². The lowest BCUT2D eigenvalue weighted by molar-refractivity contribution is 0.322. The molecule has 1 aromatic carbocycles. The average molecular weight is 257 g/mol. The van der Waals surface area contributed by atoms with Gasteiger partial charge in [-0.2, -0.15) is 0 Å². The summed E-state index contributed by atoms with van der Waals surface area (Å²) in [5.41, 5.74) is 7.31. The number of nitrogen functional groups attached to an aromatic ring is 1. The number of anilines is 2. The fraction of sp³-hybridized carbons (Fsp3) is 0.154. The number of nitrogens with zero attached hydrogens (tertiary/aromatic N) is 3. The quantitative estimate of drug-likeness (QED) is 0.442. The molecule has 0 unspecified atom stereocenters. The normalized spacial score (nSPS) is 12.5. The molecule has 0 amide bonds. The van der Waals surface area contributed by atoms with Crippen LogP contribution >= 0.6 is 0 Å². The zero-order chi connectivity index (χ0) is 13.7. The van der Waals surface area contributed by atoms with E-state index in [0.29, 0.717) is 11.4 Å². The molecule has 4 N–H and O–H groups in total. The van der Waals surface area contributed by atoms with E-state index in [9.17, 15) is 0 Å². The van der Waals surface area contributed by atoms with E-state index >= 15 is 0 Å². The number of hydrogen-bond acceptors (Lipinski definition) is 6. The first-order chi connectivity index (χ1) is 9.22. The zero-order valence-corrected chi connectivity index (χ0v) is 10.5. The summed E-state index contributed by atoms with van der Waals surface area (Å²) in [6.45, 7) is 2.01. The average Bonchev–Trinajstić information content (AvgIpc) is 2.43. The molecule has 0 saturated heterocycles. The Labute approximate surface area is 111 Å². The second-order valence-electron chi connectivity index (χ2n) is 4.04. The Morgan fingerprint density at radius 1 is 1.32 bits per heavy atom. The van der Waals surface area contributed by atoms with Gasteiger partial charge in [0.15, 0.2) is 0 Å². The Morgan fingerprint density at radius 3 is 2.74 bits per heavy atom. The van der Waals surface area contributed by atoms with Crippen LogP contribution in [-0.2, 0) is 0 Å². The molecule has 1 aromatic heterocycles. The molecule has 2 aromatic rings. The minimum Gasteiger partial charge on any atom is -0.411 e. The number of nitrogens with one attached hydrogen (secondary N) is 1. The number of hydrogen-bond donors (Lipinski definition) is 3. The van der Waals surface area contributed by atoms with Crippen molar-refractivity contribution in [2.75, 3.05) is 11.1 Å². The minimum absolute atomic E-state index is 0.0429. The topological polar surface area (TPSA) is 96.4 Å². The molecule has 0 saturated carbocycles. The van der Waals surface area contributed by atoms with Crippen molar-refractivity contribution >= 4 is 17.9 Å². The van der Waals surface area contributed by atoms with E-state index < -0.39 is 0 Å². The maximum Gasteiger partial charge on any atom is 0.141 e. The highest BCUT2D eigenvalue weighted by Gasteiger charge is 2.11. The van der Waals surface area contributed by atoms with Crippen molar-refractivity contribution in [2.45, 2.75) is 13.0 Å². The Kier molecular flexibility index (Phi) is 3.92. The van der Waals surface area contributed by atoms with Crippen molar-refractivity contribution in [3.8, 4) is 0 Å². The Morgan fingerprint density at radius 2 is 2.05 bits per heavy atom. The lowest BCUT2D eigenvalue weighted by Gasteiger charge is -2.16. The van der Waals surface area contributed by atoms with Crippen LogP contribution < -0.4 is 11.1 Å². The van der Waals surface area contributed by atoms with Crippen LogP contribution in [0.25, 0.3) is 0 Å². The van der Waals surface area contributed by atoms with Gasteiger partial charge >= 0.3 is 0 Å². The van der Waals surface area contributed by atoms with Gasteiger partial charge in [0.2, 0.25) is 0 Å². The van der Waals surface area contributed by atoms with Crippen LogP contribution in [-0.4, -0.2) is 21.4 Å². The summed E-state index contributed by atoms with van der Waals surface area (Å²) >= 11 is 0. The summed E-state index contributed by atoms with van der Waals surface area (Å²) < 4.78 is 0. The first-order valence-corrected chi connectivity index (χ1v) is 5.81. The van der Waals surface area contributed by atoms with Crippen LogP contribution in [0.15, 0.2) is 41.8 Å². The number of nitrogens with two attached hydrogens (primary N) is 1. The molecule has 0 fully saturated rings. The van der Waals surface area contributed by atoms with Gasteiger partial charge in [-0.3, -0.25) is 0 Å². The largest absolute Gasteiger partial charge is 0.411 e. The fourth-order valence-corrected chi connectivity index (χ4v) is 1.74. The maximum absolute atomic E-state index is 8.65. The maximum atomic E-state index is 8.65. The van der Waals surface area contributed by atoms with Crippen LogP contribution in [0.5, 0.6) is 0 Å². The standard InChI is InChI=1S/C13H15N5O/c1-9(10-5-3-2-4-6-10)18-13-11(7-17-19)12(14)15-8-16-13/h2-9,19H,1H3,(H3,14,15,16,18)/t9-/m0/s1. The number of rotatable bonds is 4. The summed E-state index contributed by atoms with van der Waals surface area (Å²) in [5, 5.41) is 14.9. The van der Waals surface area contributed by atoms with Crippen LogP contribution in [0, 0.1) is 0 Å². The second-order valence-corrected chi connectivity index (χ2v) is 4.04. The molecular formula is C13H15N5O. The predicted molar refractivity (Wildman–Crippen MR) is 74.3 cm³/mol. The molecule has 0 bridgehead atoms. The lowest BCUT2D eigenvalue weighted by Crippen LogP contribution is -2.12. The minimum atomic E-state index is 0.0429.